The highest BCUT2D eigenvalue weighted by molar-refractivity contribution is 6.71. The third-order valence-corrected chi connectivity index (χ3v) is 4.10. The van der Waals surface area contributed by atoms with Crippen molar-refractivity contribution < 1.29 is 9.59 Å². The molecule has 0 N–H and O–H groups in total. The Morgan fingerprint density at radius 2 is 1.61 bits per heavy atom. The lowest BCUT2D eigenvalue weighted by Crippen LogP contribution is -2.04. The van der Waals surface area contributed by atoms with Gasteiger partial charge in [-0.3, -0.25) is 9.59 Å². The molecule has 1 heterocycles. The van der Waals surface area contributed by atoms with Crippen molar-refractivity contribution in [2.75, 3.05) is 0 Å². The Bertz CT molecular complexity index is 937. The van der Waals surface area contributed by atoms with Crippen molar-refractivity contribution in [2.45, 2.75) is 6.92 Å². The Morgan fingerprint density at radius 3 is 2.22 bits per heavy atom. The van der Waals surface area contributed by atoms with Gasteiger partial charge in [0.15, 0.2) is 0 Å². The van der Waals surface area contributed by atoms with Crippen LogP contribution in [-0.4, -0.2) is 15.5 Å². The SMILES string of the molecule is Cc1c(-c2ccccc2)nc2cccc(C(=O)Cl)c2c1C(=O)Cl. The van der Waals surface area contributed by atoms with Crippen molar-refractivity contribution in [3.05, 3.63) is 65.2 Å². The number of hydrogen-bond donors (Lipinski definition) is 0. The molecule has 1 aromatic heterocycles. The zero-order chi connectivity index (χ0) is 16.6. The number of carbonyl (C=O) groups excluding carboxylic acids is 2. The molecule has 0 aliphatic carbocycles. The summed E-state index contributed by atoms with van der Waals surface area (Å²) in [5.41, 5.74) is 3.14. The molecule has 0 saturated heterocycles. The van der Waals surface area contributed by atoms with Crippen LogP contribution >= 0.6 is 23.2 Å². The summed E-state index contributed by atoms with van der Waals surface area (Å²) < 4.78 is 0. The molecule has 0 fully saturated rings. The van der Waals surface area contributed by atoms with E-state index in [9.17, 15) is 9.59 Å². The maximum absolute atomic E-state index is 12.0. The van der Waals surface area contributed by atoms with Gasteiger partial charge in [-0.1, -0.05) is 36.4 Å². The van der Waals surface area contributed by atoms with Gasteiger partial charge in [0.25, 0.3) is 10.5 Å². The van der Waals surface area contributed by atoms with Crippen LogP contribution < -0.4 is 0 Å². The first-order chi connectivity index (χ1) is 11.0. The minimum absolute atomic E-state index is 0.225. The number of rotatable bonds is 3. The molecule has 5 heteroatoms. The number of nitrogens with zero attached hydrogens (tertiary/aromatic N) is 1. The molecule has 2 aromatic carbocycles. The third-order valence-electron chi connectivity index (χ3n) is 3.71. The number of benzene rings is 2. The highest BCUT2D eigenvalue weighted by Crippen LogP contribution is 2.32. The summed E-state index contributed by atoms with van der Waals surface area (Å²) in [6, 6.07) is 14.5. The molecule has 0 amide bonds. The number of carbonyl (C=O) groups is 2. The Labute approximate surface area is 142 Å². The molecule has 0 aliphatic rings. The molecule has 0 spiro atoms. The van der Waals surface area contributed by atoms with Crippen LogP contribution in [0.25, 0.3) is 22.2 Å². The topological polar surface area (TPSA) is 47.0 Å². The average molecular weight is 344 g/mol. The maximum Gasteiger partial charge on any atom is 0.253 e. The lowest BCUT2D eigenvalue weighted by molar-refractivity contribution is 0.107. The molecule has 23 heavy (non-hydrogen) atoms. The largest absolute Gasteiger partial charge is 0.276 e. The first-order valence-electron chi connectivity index (χ1n) is 6.89. The van der Waals surface area contributed by atoms with E-state index >= 15 is 0 Å². The predicted octanol–water partition coefficient (Wildman–Crippen LogP) is 4.97. The van der Waals surface area contributed by atoms with Gasteiger partial charge in [-0.25, -0.2) is 4.98 Å². The van der Waals surface area contributed by atoms with Crippen molar-refractivity contribution in [3.63, 3.8) is 0 Å². The Kier molecular flexibility index (Phi) is 4.16. The molecular formula is C18H11Cl2NO2. The molecule has 3 rings (SSSR count). The second kappa shape index (κ2) is 6.11. The van der Waals surface area contributed by atoms with Gasteiger partial charge in [0.1, 0.15) is 0 Å². The summed E-state index contributed by atoms with van der Waals surface area (Å²) in [5.74, 6) is 0. The first kappa shape index (κ1) is 15.7. The average Bonchev–Trinajstić information content (AvgIpc) is 2.54. The van der Waals surface area contributed by atoms with Gasteiger partial charge in [0, 0.05) is 22.1 Å². The minimum atomic E-state index is -0.650. The van der Waals surface area contributed by atoms with Crippen LogP contribution in [0.3, 0.4) is 0 Å². The van der Waals surface area contributed by atoms with Crippen molar-refractivity contribution >= 4 is 44.6 Å². The zero-order valence-corrected chi connectivity index (χ0v) is 13.7. The van der Waals surface area contributed by atoms with E-state index < -0.39 is 10.5 Å². The molecule has 0 saturated carbocycles. The quantitative estimate of drug-likeness (QED) is 0.631. The van der Waals surface area contributed by atoms with Gasteiger partial charge in [-0.2, -0.15) is 0 Å². The van der Waals surface area contributed by atoms with Gasteiger partial charge in [0.05, 0.1) is 11.2 Å². The molecule has 3 aromatic rings. The van der Waals surface area contributed by atoms with Crippen LogP contribution in [0.5, 0.6) is 0 Å². The highest BCUT2D eigenvalue weighted by atomic mass is 35.5. The van der Waals surface area contributed by atoms with E-state index in [4.69, 9.17) is 23.2 Å². The molecule has 0 radical (unpaired) electrons. The molecule has 114 valence electrons. The summed E-state index contributed by atoms with van der Waals surface area (Å²) in [6.45, 7) is 1.76. The van der Waals surface area contributed by atoms with Crippen LogP contribution in [0.4, 0.5) is 0 Å². The smallest absolute Gasteiger partial charge is 0.253 e. The van der Waals surface area contributed by atoms with Crippen LogP contribution in [0, 0.1) is 6.92 Å². The second-order valence-corrected chi connectivity index (χ2v) is 5.76. The summed E-state index contributed by atoms with van der Waals surface area (Å²) >= 11 is 11.4. The molecule has 0 unspecified atom stereocenters. The van der Waals surface area contributed by atoms with Gasteiger partial charge in [0.2, 0.25) is 0 Å². The van der Waals surface area contributed by atoms with Crippen molar-refractivity contribution in [2.24, 2.45) is 0 Å². The van der Waals surface area contributed by atoms with E-state index in [1.54, 1.807) is 25.1 Å². The van der Waals surface area contributed by atoms with E-state index in [1.807, 2.05) is 30.3 Å². The predicted molar refractivity (Wildman–Crippen MR) is 92.3 cm³/mol. The normalized spacial score (nSPS) is 10.7. The fraction of sp³-hybridized carbons (Fsp3) is 0.0556. The molecule has 3 nitrogen and oxygen atoms in total. The first-order valence-corrected chi connectivity index (χ1v) is 7.64. The number of pyridine rings is 1. The minimum Gasteiger partial charge on any atom is -0.276 e. The summed E-state index contributed by atoms with van der Waals surface area (Å²) in [5, 5.41) is -0.898. The summed E-state index contributed by atoms with van der Waals surface area (Å²) in [7, 11) is 0. The summed E-state index contributed by atoms with van der Waals surface area (Å²) in [6.07, 6.45) is 0. The molecule has 0 bridgehead atoms. The standard InChI is InChI=1S/C18H11Cl2NO2/c1-10-14(18(20)23)15-12(17(19)22)8-5-9-13(15)21-16(10)11-6-3-2-4-7-11/h2-9H,1H3. The van der Waals surface area contributed by atoms with E-state index in [1.165, 1.54) is 0 Å². The lowest BCUT2D eigenvalue weighted by atomic mass is 9.96. The highest BCUT2D eigenvalue weighted by Gasteiger charge is 2.21. The van der Waals surface area contributed by atoms with Crippen molar-refractivity contribution in [1.29, 1.82) is 0 Å². The van der Waals surface area contributed by atoms with Gasteiger partial charge in [-0.15, -0.1) is 0 Å². The molecular weight excluding hydrogens is 333 g/mol. The fourth-order valence-electron chi connectivity index (χ4n) is 2.69. The van der Waals surface area contributed by atoms with Gasteiger partial charge in [-0.05, 0) is 47.8 Å². The van der Waals surface area contributed by atoms with Crippen molar-refractivity contribution in [1.82, 2.24) is 4.98 Å². The maximum atomic E-state index is 12.0. The van der Waals surface area contributed by atoms with Gasteiger partial charge < -0.3 is 0 Å². The Balaban J connectivity index is 2.47. The number of fused-ring (bicyclic) bond motifs is 1. The van der Waals surface area contributed by atoms with Crippen LogP contribution in [-0.2, 0) is 0 Å². The van der Waals surface area contributed by atoms with Crippen molar-refractivity contribution in [3.8, 4) is 11.3 Å². The van der Waals surface area contributed by atoms with Crippen LogP contribution in [0.2, 0.25) is 0 Å². The lowest BCUT2D eigenvalue weighted by Gasteiger charge is -2.13. The number of halogens is 2. The Morgan fingerprint density at radius 1 is 0.913 bits per heavy atom. The van der Waals surface area contributed by atoms with E-state index in [0.717, 1.165) is 5.56 Å². The van der Waals surface area contributed by atoms with Gasteiger partial charge >= 0.3 is 0 Å². The number of hydrogen-bond acceptors (Lipinski definition) is 3. The second-order valence-electron chi connectivity index (χ2n) is 5.07. The summed E-state index contributed by atoms with van der Waals surface area (Å²) in [4.78, 5) is 28.3. The Hall–Kier alpha value is -2.23. The van der Waals surface area contributed by atoms with Crippen LogP contribution in [0.1, 0.15) is 26.3 Å². The van der Waals surface area contributed by atoms with E-state index in [2.05, 4.69) is 4.98 Å². The van der Waals surface area contributed by atoms with E-state index in [-0.39, 0.29) is 11.1 Å². The third kappa shape index (κ3) is 2.74. The number of aromatic nitrogens is 1. The van der Waals surface area contributed by atoms with Crippen LogP contribution in [0.15, 0.2) is 48.5 Å². The fourth-order valence-corrected chi connectivity index (χ4v) is 3.09. The van der Waals surface area contributed by atoms with E-state index in [0.29, 0.717) is 22.2 Å². The monoisotopic (exact) mass is 343 g/mol. The zero-order valence-electron chi connectivity index (χ0n) is 12.1. The molecule has 0 atom stereocenters. The molecule has 0 aliphatic heterocycles.